The maximum atomic E-state index is 6.39. The minimum Gasteiger partial charge on any atom is -0.375 e. The van der Waals surface area contributed by atoms with Crippen molar-refractivity contribution in [2.75, 3.05) is 6.61 Å². The minimum atomic E-state index is 0.0214. The second-order valence-electron chi connectivity index (χ2n) is 5.69. The molecule has 4 nitrogen and oxygen atoms in total. The summed E-state index contributed by atoms with van der Waals surface area (Å²) < 4.78 is 5.95. The fourth-order valence-electron chi connectivity index (χ4n) is 3.19. The monoisotopic (exact) mass is 247 g/mol. The van der Waals surface area contributed by atoms with Crippen molar-refractivity contribution >= 4 is 0 Å². The van der Waals surface area contributed by atoms with Crippen molar-refractivity contribution in [1.29, 1.82) is 0 Å². The minimum absolute atomic E-state index is 0.0214. The van der Waals surface area contributed by atoms with Gasteiger partial charge in [-0.05, 0) is 51.0 Å². The number of hydrogen-bond donors (Lipinski definition) is 1. The lowest BCUT2D eigenvalue weighted by molar-refractivity contribution is -0.146. The Labute approximate surface area is 108 Å². The first kappa shape index (κ1) is 12.1. The number of aryl methyl sites for hydroxylation is 1. The van der Waals surface area contributed by atoms with E-state index < -0.39 is 0 Å². The summed E-state index contributed by atoms with van der Waals surface area (Å²) in [5, 5.41) is 0. The van der Waals surface area contributed by atoms with Crippen LogP contribution < -0.4 is 5.73 Å². The van der Waals surface area contributed by atoms with Gasteiger partial charge in [0.05, 0.1) is 17.3 Å². The van der Waals surface area contributed by atoms with Crippen molar-refractivity contribution in [3.8, 4) is 0 Å². The van der Waals surface area contributed by atoms with Crippen LogP contribution in [0.1, 0.15) is 49.7 Å². The largest absolute Gasteiger partial charge is 0.375 e. The van der Waals surface area contributed by atoms with Crippen LogP contribution >= 0.6 is 0 Å². The molecule has 2 N–H and O–H groups in total. The van der Waals surface area contributed by atoms with Crippen LogP contribution in [-0.2, 0) is 4.74 Å². The lowest BCUT2D eigenvalue weighted by Crippen LogP contribution is -2.47. The summed E-state index contributed by atoms with van der Waals surface area (Å²) in [4.78, 5) is 8.59. The van der Waals surface area contributed by atoms with Gasteiger partial charge in [-0.3, -0.25) is 0 Å². The van der Waals surface area contributed by atoms with Crippen LogP contribution in [0.2, 0.25) is 0 Å². The van der Waals surface area contributed by atoms with E-state index in [2.05, 4.69) is 9.97 Å². The molecule has 1 aliphatic carbocycles. The van der Waals surface area contributed by atoms with E-state index in [1.54, 1.807) is 6.20 Å². The van der Waals surface area contributed by atoms with Crippen molar-refractivity contribution in [2.24, 2.45) is 11.7 Å². The number of nitrogens with zero attached hydrogens (tertiary/aromatic N) is 2. The van der Waals surface area contributed by atoms with E-state index >= 15 is 0 Å². The van der Waals surface area contributed by atoms with Gasteiger partial charge in [0.2, 0.25) is 0 Å². The third-order valence-electron chi connectivity index (χ3n) is 4.44. The van der Waals surface area contributed by atoms with Crippen molar-refractivity contribution in [3.63, 3.8) is 0 Å². The first-order valence-corrected chi connectivity index (χ1v) is 6.88. The number of rotatable bonds is 2. The maximum absolute atomic E-state index is 6.39. The summed E-state index contributed by atoms with van der Waals surface area (Å²) in [5.41, 5.74) is 7.52. The Morgan fingerprint density at radius 2 is 2.33 bits per heavy atom. The average Bonchev–Trinajstić information content (AvgIpc) is 2.36. The predicted molar refractivity (Wildman–Crippen MR) is 69.0 cm³/mol. The highest BCUT2D eigenvalue weighted by Gasteiger charge is 2.44. The molecule has 0 amide bonds. The van der Waals surface area contributed by atoms with Gasteiger partial charge in [-0.15, -0.1) is 0 Å². The molecule has 1 saturated carbocycles. The van der Waals surface area contributed by atoms with Gasteiger partial charge in [-0.2, -0.15) is 0 Å². The highest BCUT2D eigenvalue weighted by molar-refractivity contribution is 5.09. The van der Waals surface area contributed by atoms with Crippen LogP contribution in [0.3, 0.4) is 0 Å². The first-order chi connectivity index (χ1) is 8.69. The van der Waals surface area contributed by atoms with E-state index in [0.717, 1.165) is 31.0 Å². The van der Waals surface area contributed by atoms with Crippen molar-refractivity contribution in [3.05, 3.63) is 23.8 Å². The molecule has 4 heteroatoms. The molecular formula is C14H21N3O. The van der Waals surface area contributed by atoms with Gasteiger partial charge in [0.25, 0.3) is 0 Å². The molecule has 0 aromatic carbocycles. The normalized spacial score (nSPS) is 27.8. The molecule has 1 saturated heterocycles. The van der Waals surface area contributed by atoms with E-state index in [0.29, 0.717) is 5.92 Å². The van der Waals surface area contributed by atoms with E-state index in [9.17, 15) is 0 Å². The zero-order valence-electron chi connectivity index (χ0n) is 10.9. The Hall–Kier alpha value is -1.00. The quantitative estimate of drug-likeness (QED) is 0.869. The Balaban J connectivity index is 1.73. The van der Waals surface area contributed by atoms with Crippen LogP contribution in [0.4, 0.5) is 0 Å². The molecule has 18 heavy (non-hydrogen) atoms. The topological polar surface area (TPSA) is 61.0 Å². The van der Waals surface area contributed by atoms with Crippen molar-refractivity contribution < 1.29 is 4.74 Å². The summed E-state index contributed by atoms with van der Waals surface area (Å²) in [6.45, 7) is 2.76. The highest BCUT2D eigenvalue weighted by atomic mass is 16.5. The number of aromatic nitrogens is 2. The van der Waals surface area contributed by atoms with Crippen LogP contribution in [0.5, 0.6) is 0 Å². The van der Waals surface area contributed by atoms with Crippen LogP contribution in [-0.4, -0.2) is 22.2 Å². The Morgan fingerprint density at radius 1 is 1.50 bits per heavy atom. The lowest BCUT2D eigenvalue weighted by Gasteiger charge is -2.48. The van der Waals surface area contributed by atoms with Gasteiger partial charge in [0.15, 0.2) is 0 Å². The van der Waals surface area contributed by atoms with Crippen LogP contribution in [0, 0.1) is 12.8 Å². The molecule has 2 heterocycles. The van der Waals surface area contributed by atoms with Gasteiger partial charge < -0.3 is 10.5 Å². The molecule has 1 spiro atoms. The first-order valence-electron chi connectivity index (χ1n) is 6.88. The molecule has 2 unspecified atom stereocenters. The molecule has 1 aliphatic heterocycles. The van der Waals surface area contributed by atoms with Crippen molar-refractivity contribution in [1.82, 2.24) is 9.97 Å². The smallest absolute Gasteiger partial charge is 0.125 e. The maximum Gasteiger partial charge on any atom is 0.125 e. The van der Waals surface area contributed by atoms with Gasteiger partial charge in [0, 0.05) is 12.8 Å². The third kappa shape index (κ3) is 2.15. The van der Waals surface area contributed by atoms with Gasteiger partial charge in [0.1, 0.15) is 5.82 Å². The molecule has 3 rings (SSSR count). The molecule has 2 aliphatic rings. The number of hydrogen-bond acceptors (Lipinski definition) is 4. The second kappa shape index (κ2) is 4.59. The fourth-order valence-corrected chi connectivity index (χ4v) is 3.19. The highest BCUT2D eigenvalue weighted by Crippen LogP contribution is 2.46. The number of nitrogens with two attached hydrogens (primary N) is 1. The molecule has 98 valence electrons. The second-order valence-corrected chi connectivity index (χ2v) is 5.69. The molecule has 1 aromatic heterocycles. The van der Waals surface area contributed by atoms with E-state index in [-0.39, 0.29) is 11.6 Å². The summed E-state index contributed by atoms with van der Waals surface area (Å²) in [5.74, 6) is 1.29. The molecule has 1 aromatic rings. The SMILES string of the molecule is Cc1nccc(C(N)C2CCOC3(CCC3)C2)n1. The Morgan fingerprint density at radius 3 is 3.00 bits per heavy atom. The number of ether oxygens (including phenoxy) is 1. The van der Waals surface area contributed by atoms with E-state index in [1.165, 1.54) is 19.3 Å². The summed E-state index contributed by atoms with van der Waals surface area (Å²) in [7, 11) is 0. The predicted octanol–water partition coefficient (Wildman–Crippen LogP) is 2.13. The standard InChI is InChI=1S/C14H21N3O/c1-10-16-7-3-12(17-10)13(15)11-4-8-18-14(9-11)5-2-6-14/h3,7,11,13H,2,4-6,8-9,15H2,1H3. The van der Waals surface area contributed by atoms with Gasteiger partial charge >= 0.3 is 0 Å². The zero-order chi connectivity index (χ0) is 12.6. The molecule has 2 fully saturated rings. The average molecular weight is 247 g/mol. The summed E-state index contributed by atoms with van der Waals surface area (Å²) >= 11 is 0. The van der Waals surface area contributed by atoms with Crippen LogP contribution in [0.15, 0.2) is 12.3 Å². The summed E-state index contributed by atoms with van der Waals surface area (Å²) in [6, 6.07) is 1.97. The fraction of sp³-hybridized carbons (Fsp3) is 0.714. The lowest BCUT2D eigenvalue weighted by atomic mass is 9.70. The third-order valence-corrected chi connectivity index (χ3v) is 4.44. The van der Waals surface area contributed by atoms with Crippen molar-refractivity contribution in [2.45, 2.75) is 50.7 Å². The molecule has 2 atom stereocenters. The Kier molecular flexibility index (Phi) is 3.08. The Bertz CT molecular complexity index is 431. The molecular weight excluding hydrogens is 226 g/mol. The zero-order valence-corrected chi connectivity index (χ0v) is 10.9. The van der Waals surface area contributed by atoms with Crippen LogP contribution in [0.25, 0.3) is 0 Å². The van der Waals surface area contributed by atoms with E-state index in [4.69, 9.17) is 10.5 Å². The molecule has 0 radical (unpaired) electrons. The van der Waals surface area contributed by atoms with Gasteiger partial charge in [-0.25, -0.2) is 9.97 Å². The summed E-state index contributed by atoms with van der Waals surface area (Å²) in [6.07, 6.45) is 7.66. The van der Waals surface area contributed by atoms with E-state index in [1.807, 2.05) is 13.0 Å². The van der Waals surface area contributed by atoms with Gasteiger partial charge in [-0.1, -0.05) is 0 Å². The molecule has 0 bridgehead atoms.